The number of Topliss-reactive ketones (excluding diaryl/α,β-unsaturated/α-hetero) is 1. The number of ketones is 1. The highest BCUT2D eigenvalue weighted by Crippen LogP contribution is 2.26. The maximum atomic E-state index is 11.6. The van der Waals surface area contributed by atoms with Crippen LogP contribution >= 0.6 is 12.2 Å². The quantitative estimate of drug-likeness (QED) is 0.756. The highest BCUT2D eigenvalue weighted by molar-refractivity contribution is 7.80. The fraction of sp³-hybridized carbons (Fsp3) is 0.417. The van der Waals surface area contributed by atoms with Gasteiger partial charge in [0, 0.05) is 11.1 Å². The third-order valence-corrected chi connectivity index (χ3v) is 3.50. The molecule has 1 fully saturated rings. The molecule has 0 bridgehead atoms. The van der Waals surface area contributed by atoms with E-state index in [-0.39, 0.29) is 5.78 Å². The van der Waals surface area contributed by atoms with Crippen LogP contribution in [0.15, 0.2) is 24.4 Å². The molecular weight excluding hydrogens is 252 g/mol. The average Bonchev–Trinajstić information content (AvgIpc) is 2.68. The Hall–Kier alpha value is -1.53. The number of thiocarbonyl (C=S) groups is 1. The molecule has 0 aromatic carbocycles. The molecule has 2 heterocycles. The molecule has 6 heteroatoms. The summed E-state index contributed by atoms with van der Waals surface area (Å²) in [4.78, 5) is 23.5. The lowest BCUT2D eigenvalue weighted by atomic mass is 9.96. The third-order valence-electron chi connectivity index (χ3n) is 3.12. The van der Waals surface area contributed by atoms with Gasteiger partial charge < -0.3 is 10.1 Å². The molecule has 2 atom stereocenters. The summed E-state index contributed by atoms with van der Waals surface area (Å²) < 4.78 is 0. The number of hydrogen-bond donors (Lipinski definition) is 1. The van der Waals surface area contributed by atoms with Crippen molar-refractivity contribution in [2.24, 2.45) is 5.92 Å². The van der Waals surface area contributed by atoms with Gasteiger partial charge in [-0.15, -0.1) is 0 Å². The van der Waals surface area contributed by atoms with Gasteiger partial charge in [-0.05, 0) is 13.0 Å². The van der Waals surface area contributed by atoms with Crippen molar-refractivity contribution >= 4 is 28.8 Å². The highest BCUT2D eigenvalue weighted by atomic mass is 32.1. The number of allylic oxidation sites excluding steroid dienone is 2. The Morgan fingerprint density at radius 1 is 1.44 bits per heavy atom. The van der Waals surface area contributed by atoms with Gasteiger partial charge in [-0.2, -0.15) is 0 Å². The molecule has 2 rings (SSSR count). The van der Waals surface area contributed by atoms with Crippen molar-refractivity contribution < 1.29 is 14.7 Å². The van der Waals surface area contributed by atoms with Crippen molar-refractivity contribution in [2.45, 2.75) is 13.0 Å². The number of rotatable bonds is 3. The maximum absolute atomic E-state index is 11.6. The van der Waals surface area contributed by atoms with E-state index in [1.54, 1.807) is 16.2 Å². The summed E-state index contributed by atoms with van der Waals surface area (Å²) >= 11 is 5.16. The molecule has 0 amide bonds. The Morgan fingerprint density at radius 2 is 2.17 bits per heavy atom. The van der Waals surface area contributed by atoms with Gasteiger partial charge in [0.05, 0.1) is 19.0 Å². The fourth-order valence-electron chi connectivity index (χ4n) is 2.32. The standard InChI is InChI=1S/C12H14N2O3S/c1-8(15)10-9(18)7-14(11(10)12(16)17)13-5-3-2-4-6-13/h2-5,10-11H,6-7H2,1H3,(H,16,17)/t10?,11-/m0/s1. The van der Waals surface area contributed by atoms with Gasteiger partial charge >= 0.3 is 5.97 Å². The zero-order valence-corrected chi connectivity index (χ0v) is 10.8. The van der Waals surface area contributed by atoms with E-state index in [0.29, 0.717) is 18.0 Å². The molecular formula is C12H14N2O3S. The molecule has 1 saturated heterocycles. The van der Waals surface area contributed by atoms with Crippen LogP contribution in [0.3, 0.4) is 0 Å². The van der Waals surface area contributed by atoms with Crippen molar-refractivity contribution in [2.75, 3.05) is 13.1 Å². The predicted molar refractivity (Wildman–Crippen MR) is 69.9 cm³/mol. The van der Waals surface area contributed by atoms with E-state index in [9.17, 15) is 14.7 Å². The predicted octanol–water partition coefficient (Wildman–Crippen LogP) is 0.631. The van der Waals surface area contributed by atoms with E-state index in [2.05, 4.69) is 0 Å². The van der Waals surface area contributed by atoms with Crippen LogP contribution < -0.4 is 0 Å². The Kier molecular flexibility index (Phi) is 3.58. The summed E-state index contributed by atoms with van der Waals surface area (Å²) in [6.45, 7) is 2.31. The average molecular weight is 266 g/mol. The van der Waals surface area contributed by atoms with Gasteiger partial charge in [-0.3, -0.25) is 9.59 Å². The largest absolute Gasteiger partial charge is 0.480 e. The van der Waals surface area contributed by atoms with E-state index in [1.807, 2.05) is 18.2 Å². The van der Waals surface area contributed by atoms with Crippen LogP contribution in [0, 0.1) is 5.92 Å². The fourth-order valence-corrected chi connectivity index (χ4v) is 2.75. The van der Waals surface area contributed by atoms with Crippen LogP contribution in [0.5, 0.6) is 0 Å². The zero-order chi connectivity index (χ0) is 13.3. The number of carboxylic acid groups (broad SMARTS) is 1. The minimum atomic E-state index is -1.02. The molecule has 2 aliphatic rings. The first kappa shape index (κ1) is 12.9. The molecule has 2 aliphatic heterocycles. The minimum absolute atomic E-state index is 0.188. The van der Waals surface area contributed by atoms with E-state index in [0.717, 1.165) is 0 Å². The number of carbonyl (C=O) groups is 2. The van der Waals surface area contributed by atoms with Crippen molar-refractivity contribution in [1.29, 1.82) is 0 Å². The summed E-state index contributed by atoms with van der Waals surface area (Å²) in [5.74, 6) is -1.90. The number of nitrogens with zero attached hydrogens (tertiary/aromatic N) is 2. The third kappa shape index (κ3) is 2.21. The second-order valence-corrected chi connectivity index (χ2v) is 4.85. The monoisotopic (exact) mass is 266 g/mol. The van der Waals surface area contributed by atoms with E-state index >= 15 is 0 Å². The zero-order valence-electron chi connectivity index (χ0n) is 9.94. The van der Waals surface area contributed by atoms with Gasteiger partial charge in [0.15, 0.2) is 0 Å². The minimum Gasteiger partial charge on any atom is -0.480 e. The van der Waals surface area contributed by atoms with Crippen molar-refractivity contribution in [3.05, 3.63) is 24.4 Å². The first-order valence-corrected chi connectivity index (χ1v) is 6.05. The van der Waals surface area contributed by atoms with Crippen molar-refractivity contribution in [3.63, 3.8) is 0 Å². The van der Waals surface area contributed by atoms with Gasteiger partial charge in [0.2, 0.25) is 0 Å². The number of carbonyl (C=O) groups excluding carboxylic acids is 1. The normalized spacial score (nSPS) is 27.8. The lowest BCUT2D eigenvalue weighted by Crippen LogP contribution is -2.49. The number of hydrogen-bond acceptors (Lipinski definition) is 5. The topological polar surface area (TPSA) is 60.9 Å². The van der Waals surface area contributed by atoms with Crippen molar-refractivity contribution in [1.82, 2.24) is 10.0 Å². The van der Waals surface area contributed by atoms with Gasteiger partial charge in [-0.1, -0.05) is 24.4 Å². The molecule has 0 aliphatic carbocycles. The summed E-state index contributed by atoms with van der Waals surface area (Å²) in [5, 5.41) is 12.8. The highest BCUT2D eigenvalue weighted by Gasteiger charge is 2.47. The maximum Gasteiger partial charge on any atom is 0.323 e. The molecule has 5 nitrogen and oxygen atoms in total. The van der Waals surface area contributed by atoms with E-state index in [4.69, 9.17) is 12.2 Å². The lowest BCUT2D eigenvalue weighted by molar-refractivity contribution is -0.151. The van der Waals surface area contributed by atoms with E-state index in [1.165, 1.54) is 6.92 Å². The molecule has 1 N–H and O–H groups in total. The van der Waals surface area contributed by atoms with Gasteiger partial charge in [-0.25, -0.2) is 5.01 Å². The van der Waals surface area contributed by atoms with Crippen LogP contribution in [-0.4, -0.2) is 50.9 Å². The van der Waals surface area contributed by atoms with Gasteiger partial charge in [0.25, 0.3) is 0 Å². The van der Waals surface area contributed by atoms with Crippen LogP contribution in [0.1, 0.15) is 6.92 Å². The first-order chi connectivity index (χ1) is 8.52. The number of aliphatic carboxylic acids is 1. The van der Waals surface area contributed by atoms with Gasteiger partial charge in [0.1, 0.15) is 11.8 Å². The van der Waals surface area contributed by atoms with Crippen LogP contribution in [-0.2, 0) is 9.59 Å². The van der Waals surface area contributed by atoms with E-state index < -0.39 is 17.9 Å². The van der Waals surface area contributed by atoms with Crippen LogP contribution in [0.2, 0.25) is 0 Å². The molecule has 18 heavy (non-hydrogen) atoms. The number of carboxylic acids is 1. The Balaban J connectivity index is 2.28. The Labute approximate surface area is 110 Å². The molecule has 0 spiro atoms. The Bertz CT molecular complexity index is 458. The second-order valence-electron chi connectivity index (χ2n) is 4.33. The summed E-state index contributed by atoms with van der Waals surface area (Å²) in [6.07, 6.45) is 7.43. The molecule has 96 valence electrons. The lowest BCUT2D eigenvalue weighted by Gasteiger charge is -2.34. The Morgan fingerprint density at radius 3 is 2.67 bits per heavy atom. The SMILES string of the molecule is CC(=O)C1C(=S)CN(N2C=CC=CC2)[C@@H]1C(=O)O. The van der Waals surface area contributed by atoms with Crippen molar-refractivity contribution in [3.8, 4) is 0 Å². The second kappa shape index (κ2) is 4.99. The molecule has 0 aromatic heterocycles. The van der Waals surface area contributed by atoms with Crippen LogP contribution in [0.25, 0.3) is 0 Å². The molecule has 0 saturated carbocycles. The molecule has 1 unspecified atom stereocenters. The molecule has 0 aromatic rings. The summed E-state index contributed by atoms with van der Waals surface area (Å²) in [5.41, 5.74) is 0. The summed E-state index contributed by atoms with van der Waals surface area (Å²) in [6, 6.07) is -0.897. The first-order valence-electron chi connectivity index (χ1n) is 5.65. The molecule has 0 radical (unpaired) electrons. The summed E-state index contributed by atoms with van der Waals surface area (Å²) in [7, 11) is 0. The van der Waals surface area contributed by atoms with Crippen LogP contribution in [0.4, 0.5) is 0 Å². The smallest absolute Gasteiger partial charge is 0.323 e. The number of hydrazine groups is 1.